The molecule has 0 aromatic carbocycles. The Morgan fingerprint density at radius 2 is 2.00 bits per heavy atom. The molecule has 0 radical (unpaired) electrons. The lowest BCUT2D eigenvalue weighted by Crippen LogP contribution is -2.19. The van der Waals surface area contributed by atoms with Crippen LogP contribution in [0.4, 0.5) is 0 Å². The lowest BCUT2D eigenvalue weighted by atomic mass is 9.87. The Balaban J connectivity index is 0.000000317. The van der Waals surface area contributed by atoms with Crippen LogP contribution in [0.2, 0.25) is 0 Å². The third-order valence-electron chi connectivity index (χ3n) is 2.59. The van der Waals surface area contributed by atoms with E-state index in [1.807, 2.05) is 13.0 Å². The average Bonchev–Trinajstić information content (AvgIpc) is 2.57. The van der Waals surface area contributed by atoms with E-state index < -0.39 is 0 Å². The summed E-state index contributed by atoms with van der Waals surface area (Å²) >= 11 is 0. The molecule has 96 valence electrons. The number of nitrogens with zero attached hydrogens (tertiary/aromatic N) is 1. The first-order valence-electron chi connectivity index (χ1n) is 6.27. The van der Waals surface area contributed by atoms with Gasteiger partial charge in [-0.3, -0.25) is 0 Å². The van der Waals surface area contributed by atoms with Gasteiger partial charge in [-0.2, -0.15) is 0 Å². The highest BCUT2D eigenvalue weighted by molar-refractivity contribution is 6.03. The maximum absolute atomic E-state index is 8.86. The summed E-state index contributed by atoms with van der Waals surface area (Å²) in [5.41, 5.74) is 1.75. The largest absolute Gasteiger partial charge is 0.466 e. The van der Waals surface area contributed by atoms with Gasteiger partial charge in [0.2, 0.25) is 0 Å². The molecule has 1 aliphatic carbocycles. The lowest BCUT2D eigenvalue weighted by Gasteiger charge is -2.17. The zero-order valence-electron chi connectivity index (χ0n) is 11.4. The van der Waals surface area contributed by atoms with Crippen LogP contribution >= 0.6 is 0 Å². The topological polar surface area (TPSA) is 45.7 Å². The molecule has 1 N–H and O–H groups in total. The molecule has 1 heterocycles. The van der Waals surface area contributed by atoms with Crippen molar-refractivity contribution in [3.63, 3.8) is 0 Å². The van der Waals surface area contributed by atoms with Crippen molar-refractivity contribution in [1.29, 1.82) is 0 Å². The van der Waals surface area contributed by atoms with E-state index in [1.54, 1.807) is 0 Å². The monoisotopic (exact) mass is 237 g/mol. The summed E-state index contributed by atoms with van der Waals surface area (Å²) in [5, 5.41) is 12.2. The Morgan fingerprint density at radius 1 is 1.41 bits per heavy atom. The molecule has 3 heteroatoms. The zero-order chi connectivity index (χ0) is 13.0. The van der Waals surface area contributed by atoms with Gasteiger partial charge >= 0.3 is 0 Å². The Bertz CT molecular complexity index is 388. The van der Waals surface area contributed by atoms with Crippen LogP contribution in [0.3, 0.4) is 0 Å². The molecule has 0 spiro atoms. The fraction of sp³-hybridized carbons (Fsp3) is 0.643. The molecular weight excluding hydrogens is 214 g/mol. The molecular formula is C14H23NO2. The molecule has 0 saturated heterocycles. The molecule has 1 aliphatic rings. The summed E-state index contributed by atoms with van der Waals surface area (Å²) in [7, 11) is 0. The highest BCUT2D eigenvalue weighted by Crippen LogP contribution is 2.28. The molecule has 0 saturated carbocycles. The van der Waals surface area contributed by atoms with E-state index in [-0.39, 0.29) is 0 Å². The molecule has 1 aromatic heterocycles. The predicted octanol–water partition coefficient (Wildman–Crippen LogP) is 4.01. The summed E-state index contributed by atoms with van der Waals surface area (Å²) < 4.78 is 5.49. The average molecular weight is 237 g/mol. The van der Waals surface area contributed by atoms with Gasteiger partial charge in [0.15, 0.2) is 0 Å². The third kappa shape index (κ3) is 3.62. The second-order valence-electron chi connectivity index (χ2n) is 5.35. The van der Waals surface area contributed by atoms with Crippen LogP contribution in [-0.2, 0) is 6.42 Å². The van der Waals surface area contributed by atoms with E-state index in [0.29, 0.717) is 5.92 Å². The van der Waals surface area contributed by atoms with E-state index in [1.165, 1.54) is 0 Å². The van der Waals surface area contributed by atoms with Crippen molar-refractivity contribution in [2.75, 3.05) is 0 Å². The molecule has 0 fully saturated rings. The molecule has 1 aromatic rings. The fourth-order valence-electron chi connectivity index (χ4n) is 1.87. The molecule has 17 heavy (non-hydrogen) atoms. The minimum Gasteiger partial charge on any atom is -0.466 e. The number of rotatable bonds is 0. The van der Waals surface area contributed by atoms with Crippen LogP contribution in [0, 0.1) is 18.8 Å². The summed E-state index contributed by atoms with van der Waals surface area (Å²) in [6.45, 7) is 10.5. The fourth-order valence-corrected chi connectivity index (χ4v) is 1.87. The molecule has 3 nitrogen and oxygen atoms in total. The van der Waals surface area contributed by atoms with Crippen molar-refractivity contribution in [2.45, 2.75) is 47.5 Å². The van der Waals surface area contributed by atoms with Gasteiger partial charge in [0.1, 0.15) is 11.5 Å². The second kappa shape index (κ2) is 5.89. The summed E-state index contributed by atoms with van der Waals surface area (Å²) in [5.74, 6) is 3.01. The van der Waals surface area contributed by atoms with Crippen LogP contribution in [0.25, 0.3) is 0 Å². The molecule has 0 bridgehead atoms. The molecule has 2 rings (SSSR count). The van der Waals surface area contributed by atoms with E-state index in [2.05, 4.69) is 32.9 Å². The van der Waals surface area contributed by atoms with E-state index in [9.17, 15) is 0 Å². The van der Waals surface area contributed by atoms with Gasteiger partial charge in [-0.05, 0) is 25.3 Å². The number of aryl methyl sites for hydroxylation is 2. The van der Waals surface area contributed by atoms with Crippen molar-refractivity contribution < 1.29 is 9.62 Å². The smallest absolute Gasteiger partial charge is 0.113 e. The lowest BCUT2D eigenvalue weighted by molar-refractivity contribution is 0.313. The van der Waals surface area contributed by atoms with Crippen molar-refractivity contribution in [2.24, 2.45) is 17.0 Å². The normalized spacial score (nSPS) is 21.1. The van der Waals surface area contributed by atoms with Gasteiger partial charge in [0.05, 0.1) is 5.71 Å². The molecule has 0 aliphatic heterocycles. The maximum Gasteiger partial charge on any atom is 0.113 e. The van der Waals surface area contributed by atoms with Crippen molar-refractivity contribution in [3.8, 4) is 0 Å². The van der Waals surface area contributed by atoms with Crippen molar-refractivity contribution in [3.05, 3.63) is 23.2 Å². The first kappa shape index (κ1) is 13.8. The minimum atomic E-state index is 0.328. The van der Waals surface area contributed by atoms with Crippen molar-refractivity contribution in [1.82, 2.24) is 0 Å². The van der Waals surface area contributed by atoms with Gasteiger partial charge in [-0.15, -0.1) is 0 Å². The standard InChI is InChI=1S/C10H13NO2.C4H10/c1-6-3-4-9-8(10(6)11-12)5-7(2)13-9;1-4(2)3/h5-6,12H,3-4H2,1-2H3;4H,1-3H3/b11-10-;. The SMILES string of the molecule is CC(C)C.Cc1cc2c(o1)CCC(C)/C2=N/O. The molecule has 1 unspecified atom stereocenters. The summed E-state index contributed by atoms with van der Waals surface area (Å²) in [6, 6.07) is 1.94. The Morgan fingerprint density at radius 3 is 2.53 bits per heavy atom. The number of oxime groups is 1. The highest BCUT2D eigenvalue weighted by atomic mass is 16.4. The van der Waals surface area contributed by atoms with Gasteiger partial charge in [-0.1, -0.05) is 32.9 Å². The second-order valence-corrected chi connectivity index (χ2v) is 5.35. The van der Waals surface area contributed by atoms with E-state index in [0.717, 1.165) is 41.6 Å². The van der Waals surface area contributed by atoms with Crippen LogP contribution in [-0.4, -0.2) is 10.9 Å². The number of hydrogen-bond acceptors (Lipinski definition) is 3. The summed E-state index contributed by atoms with van der Waals surface area (Å²) in [4.78, 5) is 0. The van der Waals surface area contributed by atoms with Gasteiger partial charge in [0, 0.05) is 17.9 Å². The number of hydrogen-bond donors (Lipinski definition) is 1. The van der Waals surface area contributed by atoms with Gasteiger partial charge in [0.25, 0.3) is 0 Å². The first-order chi connectivity index (χ1) is 7.95. The predicted molar refractivity (Wildman–Crippen MR) is 69.8 cm³/mol. The van der Waals surface area contributed by atoms with E-state index >= 15 is 0 Å². The Kier molecular flexibility index (Phi) is 4.79. The summed E-state index contributed by atoms with van der Waals surface area (Å²) in [6.07, 6.45) is 1.95. The highest BCUT2D eigenvalue weighted by Gasteiger charge is 2.25. The van der Waals surface area contributed by atoms with Crippen LogP contribution in [0.15, 0.2) is 15.6 Å². The van der Waals surface area contributed by atoms with Gasteiger partial charge in [-0.25, -0.2) is 0 Å². The zero-order valence-corrected chi connectivity index (χ0v) is 11.4. The first-order valence-corrected chi connectivity index (χ1v) is 6.27. The Hall–Kier alpha value is -1.25. The van der Waals surface area contributed by atoms with Crippen LogP contribution in [0.1, 0.15) is 51.2 Å². The van der Waals surface area contributed by atoms with Crippen LogP contribution in [0.5, 0.6) is 0 Å². The molecule has 0 amide bonds. The molecule has 1 atom stereocenters. The van der Waals surface area contributed by atoms with Gasteiger partial charge < -0.3 is 9.62 Å². The van der Waals surface area contributed by atoms with Crippen molar-refractivity contribution >= 4 is 5.71 Å². The minimum absolute atomic E-state index is 0.328. The third-order valence-corrected chi connectivity index (χ3v) is 2.59. The Labute approximate surface area is 104 Å². The quantitative estimate of drug-likeness (QED) is 0.547. The van der Waals surface area contributed by atoms with E-state index in [4.69, 9.17) is 9.62 Å². The maximum atomic E-state index is 8.86. The number of furan rings is 1. The number of fused-ring (bicyclic) bond motifs is 1. The van der Waals surface area contributed by atoms with Crippen LogP contribution < -0.4 is 0 Å².